The summed E-state index contributed by atoms with van der Waals surface area (Å²) in [5, 5.41) is 0. The molecule has 6 nitrogen and oxygen atoms in total. The fourth-order valence-electron chi connectivity index (χ4n) is 3.97. The minimum Gasteiger partial charge on any atom is -0.487 e. The van der Waals surface area contributed by atoms with E-state index in [9.17, 15) is 13.2 Å². The summed E-state index contributed by atoms with van der Waals surface area (Å²) in [6, 6.07) is 6.62. The molecule has 4 rings (SSSR count). The molecule has 136 valence electrons. The maximum atomic E-state index is 13.1. The van der Waals surface area contributed by atoms with E-state index in [1.165, 1.54) is 0 Å². The van der Waals surface area contributed by atoms with Crippen LogP contribution in [0.15, 0.2) is 29.2 Å². The molecule has 1 saturated heterocycles. The lowest BCUT2D eigenvalue weighted by atomic mass is 10.1. The van der Waals surface area contributed by atoms with E-state index in [4.69, 9.17) is 4.74 Å². The highest BCUT2D eigenvalue weighted by Gasteiger charge is 2.44. The van der Waals surface area contributed by atoms with Gasteiger partial charge in [0, 0.05) is 32.0 Å². The van der Waals surface area contributed by atoms with Crippen LogP contribution < -0.4 is 4.74 Å². The largest absolute Gasteiger partial charge is 0.487 e. The summed E-state index contributed by atoms with van der Waals surface area (Å²) >= 11 is 0. The summed E-state index contributed by atoms with van der Waals surface area (Å²) in [7, 11) is -3.59. The first-order valence-electron chi connectivity index (χ1n) is 9.08. The number of carbonyl (C=O) groups excluding carboxylic acids is 1. The Kier molecular flexibility index (Phi) is 4.24. The molecule has 0 spiro atoms. The predicted molar refractivity (Wildman–Crippen MR) is 92.7 cm³/mol. The number of likely N-dealkylation sites (tertiary alicyclic amines) is 1. The molecule has 2 aliphatic heterocycles. The summed E-state index contributed by atoms with van der Waals surface area (Å²) in [5.41, 5.74) is 0. The minimum absolute atomic E-state index is 0.190. The Morgan fingerprint density at radius 3 is 2.60 bits per heavy atom. The number of carbonyl (C=O) groups is 1. The second-order valence-corrected chi connectivity index (χ2v) is 8.91. The monoisotopic (exact) mass is 364 g/mol. The topological polar surface area (TPSA) is 66.9 Å². The molecule has 1 saturated carbocycles. The van der Waals surface area contributed by atoms with Gasteiger partial charge in [0.1, 0.15) is 16.7 Å². The zero-order chi connectivity index (χ0) is 17.6. The van der Waals surface area contributed by atoms with Crippen LogP contribution in [-0.2, 0) is 14.8 Å². The molecule has 7 heteroatoms. The van der Waals surface area contributed by atoms with Crippen molar-refractivity contribution < 1.29 is 17.9 Å². The molecule has 0 radical (unpaired) electrons. The van der Waals surface area contributed by atoms with Crippen molar-refractivity contribution in [3.8, 4) is 5.75 Å². The van der Waals surface area contributed by atoms with E-state index in [0.29, 0.717) is 38.2 Å². The first-order chi connectivity index (χ1) is 12.0. The van der Waals surface area contributed by atoms with Gasteiger partial charge >= 0.3 is 0 Å². The normalized spacial score (nSPS) is 28.9. The lowest BCUT2D eigenvalue weighted by molar-refractivity contribution is -0.132. The number of benzene rings is 1. The van der Waals surface area contributed by atoms with Crippen LogP contribution in [0.4, 0.5) is 0 Å². The number of ether oxygens (including phenoxy) is 1. The third-order valence-corrected chi connectivity index (χ3v) is 7.48. The van der Waals surface area contributed by atoms with Gasteiger partial charge in [-0.2, -0.15) is 4.31 Å². The second-order valence-electron chi connectivity index (χ2n) is 7.06. The molecule has 2 fully saturated rings. The van der Waals surface area contributed by atoms with Gasteiger partial charge in [-0.15, -0.1) is 0 Å². The molecule has 0 bridgehead atoms. The van der Waals surface area contributed by atoms with E-state index in [2.05, 4.69) is 0 Å². The van der Waals surface area contributed by atoms with Crippen LogP contribution >= 0.6 is 0 Å². The van der Waals surface area contributed by atoms with Crippen molar-refractivity contribution >= 4 is 15.9 Å². The Labute approximate surface area is 148 Å². The highest BCUT2D eigenvalue weighted by atomic mass is 32.2. The standard InChI is InChI=1S/C18H24N2O4S/c1-2-20-14-9-11-19(18(21)13-7-8-13)12-10-15(14)24-16-5-3-4-6-17(16)25(20,22)23/h3-6,13-15H,2,7-12H2,1H3/t14-,15-/m0/s1. The predicted octanol–water partition coefficient (Wildman–Crippen LogP) is 1.86. The van der Waals surface area contributed by atoms with E-state index in [0.717, 1.165) is 12.8 Å². The van der Waals surface area contributed by atoms with Crippen LogP contribution in [0.5, 0.6) is 5.75 Å². The van der Waals surface area contributed by atoms with Gasteiger partial charge in [0.25, 0.3) is 0 Å². The van der Waals surface area contributed by atoms with Crippen molar-refractivity contribution in [3.63, 3.8) is 0 Å². The third-order valence-electron chi connectivity index (χ3n) is 5.44. The Hall–Kier alpha value is -1.60. The molecule has 1 aliphatic carbocycles. The molecular formula is C18H24N2O4S. The molecule has 0 aromatic heterocycles. The van der Waals surface area contributed by atoms with Crippen LogP contribution in [0.2, 0.25) is 0 Å². The van der Waals surface area contributed by atoms with Gasteiger partial charge in [-0.25, -0.2) is 8.42 Å². The van der Waals surface area contributed by atoms with E-state index < -0.39 is 10.0 Å². The zero-order valence-electron chi connectivity index (χ0n) is 14.4. The Bertz CT molecular complexity index is 775. The number of rotatable bonds is 2. The smallest absolute Gasteiger partial charge is 0.247 e. The Morgan fingerprint density at radius 1 is 1.16 bits per heavy atom. The van der Waals surface area contributed by atoms with E-state index in [-0.39, 0.29) is 28.9 Å². The van der Waals surface area contributed by atoms with Crippen molar-refractivity contribution in [2.45, 2.75) is 49.6 Å². The molecular weight excluding hydrogens is 340 g/mol. The van der Waals surface area contributed by atoms with Crippen molar-refractivity contribution in [3.05, 3.63) is 24.3 Å². The number of amides is 1. The summed E-state index contributed by atoms with van der Waals surface area (Å²) in [6.07, 6.45) is 3.02. The Morgan fingerprint density at radius 2 is 1.88 bits per heavy atom. The summed E-state index contributed by atoms with van der Waals surface area (Å²) in [4.78, 5) is 14.6. The van der Waals surface area contributed by atoms with E-state index in [1.807, 2.05) is 11.8 Å². The number of likely N-dealkylation sites (N-methyl/N-ethyl adjacent to an activating group) is 1. The highest BCUT2D eigenvalue weighted by Crippen LogP contribution is 2.37. The van der Waals surface area contributed by atoms with Crippen LogP contribution in [0.3, 0.4) is 0 Å². The number of nitrogens with zero attached hydrogens (tertiary/aromatic N) is 2. The lowest BCUT2D eigenvalue weighted by Crippen LogP contribution is -2.47. The second kappa shape index (κ2) is 6.29. The van der Waals surface area contributed by atoms with Crippen molar-refractivity contribution in [1.29, 1.82) is 0 Å². The zero-order valence-corrected chi connectivity index (χ0v) is 15.2. The fraction of sp³-hybridized carbons (Fsp3) is 0.611. The molecule has 3 aliphatic rings. The van der Waals surface area contributed by atoms with Crippen molar-refractivity contribution in [2.24, 2.45) is 5.92 Å². The van der Waals surface area contributed by atoms with Gasteiger partial charge in [-0.1, -0.05) is 19.1 Å². The van der Waals surface area contributed by atoms with Crippen LogP contribution in [0.25, 0.3) is 0 Å². The fourth-order valence-corrected chi connectivity index (χ4v) is 5.78. The van der Waals surface area contributed by atoms with Gasteiger partial charge < -0.3 is 9.64 Å². The number of hydrogen-bond donors (Lipinski definition) is 0. The molecule has 25 heavy (non-hydrogen) atoms. The highest BCUT2D eigenvalue weighted by molar-refractivity contribution is 7.89. The molecule has 1 aromatic rings. The third kappa shape index (κ3) is 2.93. The van der Waals surface area contributed by atoms with Crippen LogP contribution in [0, 0.1) is 5.92 Å². The molecule has 2 atom stereocenters. The van der Waals surface area contributed by atoms with Gasteiger partial charge in [0.2, 0.25) is 15.9 Å². The number of sulfonamides is 1. The number of hydrogen-bond acceptors (Lipinski definition) is 4. The van der Waals surface area contributed by atoms with E-state index in [1.54, 1.807) is 28.6 Å². The average Bonchev–Trinajstić information content (AvgIpc) is 3.43. The van der Waals surface area contributed by atoms with Crippen LogP contribution in [-0.4, -0.2) is 55.3 Å². The van der Waals surface area contributed by atoms with Gasteiger partial charge in [0.15, 0.2) is 0 Å². The van der Waals surface area contributed by atoms with Gasteiger partial charge in [-0.05, 0) is 31.4 Å². The molecule has 1 amide bonds. The van der Waals surface area contributed by atoms with Crippen LogP contribution in [0.1, 0.15) is 32.6 Å². The molecule has 0 N–H and O–H groups in total. The van der Waals surface area contributed by atoms with E-state index >= 15 is 0 Å². The van der Waals surface area contributed by atoms with Gasteiger partial charge in [0.05, 0.1) is 6.04 Å². The number of para-hydroxylation sites is 1. The first-order valence-corrected chi connectivity index (χ1v) is 10.5. The maximum Gasteiger partial charge on any atom is 0.247 e. The summed E-state index contributed by atoms with van der Waals surface area (Å²) in [5.74, 6) is 0.841. The average molecular weight is 364 g/mol. The first kappa shape index (κ1) is 16.8. The quantitative estimate of drug-likeness (QED) is 0.803. The maximum absolute atomic E-state index is 13.1. The van der Waals surface area contributed by atoms with Gasteiger partial charge in [-0.3, -0.25) is 4.79 Å². The molecule has 0 unspecified atom stereocenters. The molecule has 2 heterocycles. The SMILES string of the molecule is CCN1[C@H]2CCN(C(=O)C3CC3)CC[C@@H]2Oc2ccccc2S1(=O)=O. The molecule has 1 aromatic carbocycles. The van der Waals surface area contributed by atoms with Crippen molar-refractivity contribution in [1.82, 2.24) is 9.21 Å². The minimum atomic E-state index is -3.59. The summed E-state index contributed by atoms with van der Waals surface area (Å²) < 4.78 is 34.0. The lowest BCUT2D eigenvalue weighted by Gasteiger charge is -2.30. The van der Waals surface area contributed by atoms with Crippen molar-refractivity contribution in [2.75, 3.05) is 19.6 Å². The Balaban J connectivity index is 1.67. The summed E-state index contributed by atoms with van der Waals surface area (Å²) in [6.45, 7) is 3.50. The number of fused-ring (bicyclic) bond motifs is 2.